The summed E-state index contributed by atoms with van der Waals surface area (Å²) in [7, 11) is 0. The molecule has 1 saturated heterocycles. The molecule has 112 valence electrons. The van der Waals surface area contributed by atoms with Crippen LogP contribution in [0.5, 0.6) is 0 Å². The predicted octanol–water partition coefficient (Wildman–Crippen LogP) is 0.257. The first-order chi connectivity index (χ1) is 9.91. The molecule has 0 spiro atoms. The van der Waals surface area contributed by atoms with E-state index in [1.54, 1.807) is 0 Å². The van der Waals surface area contributed by atoms with Crippen molar-refractivity contribution in [1.82, 2.24) is 10.2 Å². The highest BCUT2D eigenvalue weighted by molar-refractivity contribution is 9.10. The van der Waals surface area contributed by atoms with Gasteiger partial charge in [-0.1, -0.05) is 0 Å². The van der Waals surface area contributed by atoms with Gasteiger partial charge in [0.2, 0.25) is 5.91 Å². The minimum absolute atomic E-state index is 0.136. The summed E-state index contributed by atoms with van der Waals surface area (Å²) in [6.45, 7) is 1.11. The van der Waals surface area contributed by atoms with Crippen molar-refractivity contribution in [2.45, 2.75) is 6.04 Å². The van der Waals surface area contributed by atoms with Crippen molar-refractivity contribution in [3.63, 3.8) is 0 Å². The first kappa shape index (κ1) is 15.4. The lowest BCUT2D eigenvalue weighted by atomic mass is 10.1. The van der Waals surface area contributed by atoms with E-state index < -0.39 is 22.8 Å². The molecule has 0 saturated carbocycles. The van der Waals surface area contributed by atoms with Crippen molar-refractivity contribution in [3.05, 3.63) is 38.3 Å². The average Bonchev–Trinajstić information content (AvgIpc) is 2.46. The monoisotopic (exact) mass is 356 g/mol. The fraction of sp³-hybridized carbons (Fsp3) is 0.333. The second-order valence-corrected chi connectivity index (χ2v) is 5.40. The molecule has 0 bridgehead atoms. The second-order valence-electron chi connectivity index (χ2n) is 4.54. The third-order valence-corrected chi connectivity index (χ3v) is 3.92. The van der Waals surface area contributed by atoms with E-state index in [2.05, 4.69) is 21.2 Å². The Labute approximate surface area is 128 Å². The van der Waals surface area contributed by atoms with Crippen LogP contribution in [0.15, 0.2) is 22.7 Å². The topological polar surface area (TPSA) is 119 Å². The Morgan fingerprint density at radius 1 is 1.48 bits per heavy atom. The van der Waals surface area contributed by atoms with Gasteiger partial charge in [-0.15, -0.1) is 0 Å². The van der Waals surface area contributed by atoms with Gasteiger partial charge in [0.25, 0.3) is 11.6 Å². The number of carbonyl (C=O) groups excluding carboxylic acids is 2. The summed E-state index contributed by atoms with van der Waals surface area (Å²) in [5, 5.41) is 13.8. The molecule has 1 aliphatic rings. The molecule has 2 amide bonds. The summed E-state index contributed by atoms with van der Waals surface area (Å²) in [4.78, 5) is 35.6. The summed E-state index contributed by atoms with van der Waals surface area (Å²) in [5.41, 5.74) is 5.25. The average molecular weight is 357 g/mol. The lowest BCUT2D eigenvalue weighted by Gasteiger charge is -2.34. The van der Waals surface area contributed by atoms with E-state index >= 15 is 0 Å². The normalized spacial score (nSPS) is 18.3. The van der Waals surface area contributed by atoms with Gasteiger partial charge in [-0.3, -0.25) is 19.7 Å². The van der Waals surface area contributed by atoms with Crippen LogP contribution in [0.4, 0.5) is 5.69 Å². The van der Waals surface area contributed by atoms with E-state index in [-0.39, 0.29) is 17.8 Å². The predicted molar refractivity (Wildman–Crippen MR) is 77.7 cm³/mol. The summed E-state index contributed by atoms with van der Waals surface area (Å²) < 4.78 is 0.430. The first-order valence-electron chi connectivity index (χ1n) is 6.16. The quantitative estimate of drug-likeness (QED) is 0.594. The Hall–Kier alpha value is -2.00. The molecule has 1 heterocycles. The Kier molecular flexibility index (Phi) is 4.53. The lowest BCUT2D eigenvalue weighted by Crippen LogP contribution is -2.58. The highest BCUT2D eigenvalue weighted by Gasteiger charge is 2.32. The van der Waals surface area contributed by atoms with Gasteiger partial charge in [0, 0.05) is 36.2 Å². The molecule has 1 aromatic carbocycles. The maximum Gasteiger partial charge on any atom is 0.270 e. The fourth-order valence-corrected chi connectivity index (χ4v) is 2.56. The van der Waals surface area contributed by atoms with Gasteiger partial charge < -0.3 is 16.0 Å². The third-order valence-electron chi connectivity index (χ3n) is 3.22. The number of nitro benzene ring substituents is 1. The summed E-state index contributed by atoms with van der Waals surface area (Å²) in [6, 6.07) is 3.15. The molecule has 1 aliphatic heterocycles. The van der Waals surface area contributed by atoms with E-state index in [1.807, 2.05) is 0 Å². The van der Waals surface area contributed by atoms with Gasteiger partial charge in [-0.2, -0.15) is 0 Å². The summed E-state index contributed by atoms with van der Waals surface area (Å²) in [5.74, 6) is -1.08. The van der Waals surface area contributed by atoms with E-state index in [0.717, 1.165) is 0 Å². The maximum atomic E-state index is 12.5. The number of hydrogen-bond donors (Lipinski definition) is 2. The molecular formula is C12H13BrN4O4. The minimum atomic E-state index is -0.766. The van der Waals surface area contributed by atoms with Crippen LogP contribution in [0.2, 0.25) is 0 Å². The maximum absolute atomic E-state index is 12.5. The highest BCUT2D eigenvalue weighted by atomic mass is 79.9. The van der Waals surface area contributed by atoms with Gasteiger partial charge in [0.1, 0.15) is 6.04 Å². The van der Waals surface area contributed by atoms with Gasteiger partial charge in [0.05, 0.1) is 10.5 Å². The molecule has 8 nitrogen and oxygen atoms in total. The van der Waals surface area contributed by atoms with Crippen LogP contribution in [0.1, 0.15) is 10.4 Å². The van der Waals surface area contributed by atoms with Crippen LogP contribution in [-0.2, 0) is 4.79 Å². The molecular weight excluding hydrogens is 344 g/mol. The van der Waals surface area contributed by atoms with Crippen molar-refractivity contribution in [1.29, 1.82) is 0 Å². The molecule has 1 atom stereocenters. The molecule has 0 aromatic heterocycles. The molecule has 21 heavy (non-hydrogen) atoms. The first-order valence-corrected chi connectivity index (χ1v) is 6.96. The number of halogens is 1. The fourth-order valence-electron chi connectivity index (χ4n) is 2.15. The van der Waals surface area contributed by atoms with Crippen molar-refractivity contribution in [2.75, 3.05) is 19.6 Å². The summed E-state index contributed by atoms with van der Waals surface area (Å²) >= 11 is 3.20. The van der Waals surface area contributed by atoms with Crippen molar-refractivity contribution >= 4 is 33.4 Å². The number of amides is 2. The van der Waals surface area contributed by atoms with Crippen LogP contribution in [-0.4, -0.2) is 47.3 Å². The number of hydrogen-bond acceptors (Lipinski definition) is 5. The van der Waals surface area contributed by atoms with Crippen LogP contribution >= 0.6 is 15.9 Å². The Balaban J connectivity index is 2.36. The largest absolute Gasteiger partial charge is 0.368 e. The highest BCUT2D eigenvalue weighted by Crippen LogP contribution is 2.24. The number of benzene rings is 1. The Morgan fingerprint density at radius 2 is 2.19 bits per heavy atom. The SMILES string of the molecule is NC(=O)C1CNCCN1C(=O)c1cc([N+](=O)[O-])ccc1Br. The molecule has 1 unspecified atom stereocenters. The van der Waals surface area contributed by atoms with E-state index in [9.17, 15) is 19.7 Å². The van der Waals surface area contributed by atoms with Gasteiger partial charge in [0.15, 0.2) is 0 Å². The van der Waals surface area contributed by atoms with Gasteiger partial charge >= 0.3 is 0 Å². The van der Waals surface area contributed by atoms with E-state index in [4.69, 9.17) is 5.73 Å². The Morgan fingerprint density at radius 3 is 2.81 bits per heavy atom. The number of nitrogens with two attached hydrogens (primary N) is 1. The number of nitrogens with zero attached hydrogens (tertiary/aromatic N) is 2. The zero-order valence-electron chi connectivity index (χ0n) is 10.9. The Bertz CT molecular complexity index is 607. The molecule has 9 heteroatoms. The summed E-state index contributed by atoms with van der Waals surface area (Å²) in [6.07, 6.45) is 0. The number of nitrogens with one attached hydrogen (secondary N) is 1. The number of non-ortho nitro benzene ring substituents is 1. The molecule has 1 fully saturated rings. The molecule has 0 aliphatic carbocycles. The molecule has 0 radical (unpaired) electrons. The van der Waals surface area contributed by atoms with Crippen molar-refractivity contribution in [3.8, 4) is 0 Å². The van der Waals surface area contributed by atoms with Crippen LogP contribution in [0.25, 0.3) is 0 Å². The minimum Gasteiger partial charge on any atom is -0.368 e. The number of piperazine rings is 1. The number of rotatable bonds is 3. The van der Waals surface area contributed by atoms with Crippen LogP contribution in [0.3, 0.4) is 0 Å². The van der Waals surface area contributed by atoms with Crippen molar-refractivity contribution < 1.29 is 14.5 Å². The van der Waals surface area contributed by atoms with Gasteiger partial charge in [-0.25, -0.2) is 0 Å². The zero-order chi connectivity index (χ0) is 15.6. The number of nitro groups is 1. The molecule has 1 aromatic rings. The third kappa shape index (κ3) is 3.19. The van der Waals surface area contributed by atoms with E-state index in [0.29, 0.717) is 17.6 Å². The van der Waals surface area contributed by atoms with E-state index in [1.165, 1.54) is 23.1 Å². The van der Waals surface area contributed by atoms with Crippen molar-refractivity contribution in [2.24, 2.45) is 5.73 Å². The molecule has 3 N–H and O–H groups in total. The zero-order valence-corrected chi connectivity index (χ0v) is 12.5. The van der Waals surface area contributed by atoms with Gasteiger partial charge in [-0.05, 0) is 22.0 Å². The second kappa shape index (κ2) is 6.19. The number of carbonyl (C=O) groups is 2. The standard InChI is InChI=1S/C12H13BrN4O4/c13-9-2-1-7(17(20)21)5-8(9)12(19)16-4-3-15-6-10(16)11(14)18/h1-2,5,10,15H,3-4,6H2,(H2,14,18). The lowest BCUT2D eigenvalue weighted by molar-refractivity contribution is -0.384. The van der Waals surface area contributed by atoms with Crippen LogP contribution in [0, 0.1) is 10.1 Å². The number of primary amides is 1. The van der Waals surface area contributed by atoms with Crippen LogP contribution < -0.4 is 11.1 Å². The molecule has 2 rings (SSSR count). The smallest absolute Gasteiger partial charge is 0.270 e.